The van der Waals surface area contributed by atoms with Crippen molar-refractivity contribution in [2.24, 2.45) is 0 Å². The van der Waals surface area contributed by atoms with Crippen LogP contribution in [0, 0.1) is 0 Å². The predicted octanol–water partition coefficient (Wildman–Crippen LogP) is 5.27. The first-order chi connectivity index (χ1) is 32.8. The van der Waals surface area contributed by atoms with Gasteiger partial charge in [-0.25, -0.2) is 0 Å². The molecular formula is C51H63Co9O9P3. The van der Waals surface area contributed by atoms with Gasteiger partial charge >= 0.3 is 510 Å². The molecule has 417 valence electrons. The van der Waals surface area contributed by atoms with Gasteiger partial charge in [-0.3, -0.25) is 0 Å². The average molecular weight is 1440 g/mol. The standard InChI is InChI=1S/9C5H5.3C2H6O3P.9Co/c9*1-2-4-5-3-1;3*1-6(2,3,4)5;;;;;;;;;/h9*1-3H,4H2;3*1-2H3;;;;;;;;;/q;;;;;;;;;3*-3;9*+1. The van der Waals surface area contributed by atoms with Gasteiger partial charge < -0.3 is 0 Å². The molecule has 0 fully saturated rings. The van der Waals surface area contributed by atoms with Crippen molar-refractivity contribution in [3.63, 3.8) is 0 Å². The normalized spacial score (nSPS) is 18.7. The Kier molecular flexibility index (Phi) is 43.8. The molecule has 0 aliphatic heterocycles. The Morgan fingerprint density at radius 1 is 0.222 bits per heavy atom. The maximum atomic E-state index is 9.70. The Hall–Kier alpha value is 0.808. The van der Waals surface area contributed by atoms with Crippen molar-refractivity contribution in [2.45, 2.75) is 57.8 Å². The first kappa shape index (κ1) is 77.0. The first-order valence-electron chi connectivity index (χ1n) is 21.3. The second-order valence-corrected chi connectivity index (χ2v) is 32.9. The summed E-state index contributed by atoms with van der Waals surface area (Å²) in [6.07, 6.45) is 64.1. The van der Waals surface area contributed by atoms with Crippen molar-refractivity contribution in [3.05, 3.63) is 205 Å². The SMILES string of the molecule is CP(C)([O-])([O-])[O-].CP(C)([O-])([O-])[O-].CP(C)([O-])([O-])[O-].[Co+][C]1=CC=CC1.[Co+][C]1=CC=CC1.[Co+][C]1=CC=CC1.[Co+][C]1=CC=CC1.[Co+][C]1=CC=CC1.[Co+][C]1=CC=CC1.[Co+][C]1=CC=CC1.[Co+][C]1=CC=CC1.[Co+][C]1=CC=CC1. The van der Waals surface area contributed by atoms with Crippen LogP contribution in [0.15, 0.2) is 205 Å². The van der Waals surface area contributed by atoms with Crippen LogP contribution < -0.4 is 44.0 Å². The molecule has 0 amide bonds. The molecule has 0 bridgehead atoms. The topological polar surface area (TPSA) is 208 Å². The van der Waals surface area contributed by atoms with Gasteiger partial charge in [-0.15, -0.1) is 0 Å². The molecule has 0 radical (unpaired) electrons. The van der Waals surface area contributed by atoms with Crippen molar-refractivity contribution in [2.75, 3.05) is 40.0 Å². The zero-order chi connectivity index (χ0) is 56.0. The third-order valence-corrected chi connectivity index (χ3v) is 9.86. The Balaban J connectivity index is -0.000000721. The Labute approximate surface area is 504 Å². The molecule has 9 rings (SSSR count). The van der Waals surface area contributed by atoms with E-state index in [4.69, 9.17) is 0 Å². The molecule has 0 N–H and O–H groups in total. The maximum absolute atomic E-state index is 9.70. The number of hydrogen-bond acceptors (Lipinski definition) is 9. The summed E-state index contributed by atoms with van der Waals surface area (Å²) in [6, 6.07) is 0. The van der Waals surface area contributed by atoms with Crippen molar-refractivity contribution in [1.82, 2.24) is 0 Å². The zero-order valence-electron chi connectivity index (χ0n) is 40.5. The van der Waals surface area contributed by atoms with Gasteiger partial charge in [0.05, 0.1) is 0 Å². The van der Waals surface area contributed by atoms with Crippen LogP contribution in [0.5, 0.6) is 0 Å². The molecule has 0 heterocycles. The van der Waals surface area contributed by atoms with Crippen LogP contribution in [0.25, 0.3) is 0 Å². The molecule has 72 heavy (non-hydrogen) atoms. The molecule has 9 nitrogen and oxygen atoms in total. The molecule has 0 aromatic heterocycles. The monoisotopic (exact) mass is 1440 g/mol. The number of rotatable bonds is 0. The van der Waals surface area contributed by atoms with Gasteiger partial charge in [0.15, 0.2) is 0 Å². The first-order valence-corrected chi connectivity index (χ1v) is 34.6. The van der Waals surface area contributed by atoms with Crippen molar-refractivity contribution in [1.29, 1.82) is 0 Å². The zero-order valence-corrected chi connectivity index (χ0v) is 52.5. The summed E-state index contributed by atoms with van der Waals surface area (Å²) in [5, 5.41) is 0. The van der Waals surface area contributed by atoms with E-state index in [0.29, 0.717) is 40.0 Å². The van der Waals surface area contributed by atoms with E-state index in [1.165, 1.54) is 0 Å². The van der Waals surface area contributed by atoms with E-state index < -0.39 is 21.9 Å². The van der Waals surface area contributed by atoms with Gasteiger partial charge in [0.1, 0.15) is 0 Å². The van der Waals surface area contributed by atoms with Crippen molar-refractivity contribution in [3.8, 4) is 0 Å². The summed E-state index contributed by atoms with van der Waals surface area (Å²) in [4.78, 5) is 87.3. The van der Waals surface area contributed by atoms with Crippen LogP contribution in [-0.2, 0) is 142 Å². The molecule has 21 heteroatoms. The average Bonchev–Trinajstić information content (AvgIpc) is 4.04. The Bertz CT molecular complexity index is 1730. The van der Waals surface area contributed by atoms with E-state index in [-0.39, 0.29) is 0 Å². The summed E-state index contributed by atoms with van der Waals surface area (Å²) in [7, 11) is -14.4. The van der Waals surface area contributed by atoms with Crippen LogP contribution in [0.4, 0.5) is 0 Å². The van der Waals surface area contributed by atoms with Crippen LogP contribution >= 0.6 is 21.9 Å². The summed E-state index contributed by atoms with van der Waals surface area (Å²) >= 11 is 37.2. The molecular weight excluding hydrogens is 1380 g/mol. The minimum atomic E-state index is -4.80. The minimum absolute atomic E-state index is 0.672. The van der Waals surface area contributed by atoms with Crippen LogP contribution in [0.2, 0.25) is 0 Å². The van der Waals surface area contributed by atoms with Gasteiger partial charge in [-0.1, -0.05) is 0 Å². The third-order valence-electron chi connectivity index (χ3n) is 6.39. The van der Waals surface area contributed by atoms with E-state index in [0.717, 1.165) is 98.4 Å². The summed E-state index contributed by atoms with van der Waals surface area (Å²) in [5.74, 6) is 0. The molecule has 9 aliphatic rings. The molecule has 0 saturated carbocycles. The molecule has 0 saturated heterocycles. The van der Waals surface area contributed by atoms with Gasteiger partial charge in [-0.2, -0.15) is 0 Å². The van der Waals surface area contributed by atoms with Gasteiger partial charge in [0.2, 0.25) is 0 Å². The van der Waals surface area contributed by atoms with E-state index in [1.807, 2.05) is 109 Å². The second kappa shape index (κ2) is 40.9. The van der Waals surface area contributed by atoms with Gasteiger partial charge in [0, 0.05) is 0 Å². The molecule has 0 spiro atoms. The molecule has 0 atom stereocenters. The van der Waals surface area contributed by atoms with Crippen LogP contribution in [0.3, 0.4) is 0 Å². The summed E-state index contributed by atoms with van der Waals surface area (Å²) in [6.45, 7) is 4.03. The van der Waals surface area contributed by atoms with E-state index in [2.05, 4.69) is 196 Å². The third kappa shape index (κ3) is 84.8. The van der Waals surface area contributed by atoms with E-state index >= 15 is 0 Å². The van der Waals surface area contributed by atoms with Crippen LogP contribution in [-0.4, -0.2) is 40.0 Å². The summed E-state index contributed by atoms with van der Waals surface area (Å²) < 4.78 is 10.4. The summed E-state index contributed by atoms with van der Waals surface area (Å²) in [5.41, 5.74) is 0. The van der Waals surface area contributed by atoms with E-state index in [1.54, 1.807) is 0 Å². The van der Waals surface area contributed by atoms with Gasteiger partial charge in [-0.05, 0) is 0 Å². The molecule has 0 aromatic carbocycles. The predicted molar refractivity (Wildman–Crippen MR) is 253 cm³/mol. The fourth-order valence-electron chi connectivity index (χ4n) is 3.70. The van der Waals surface area contributed by atoms with E-state index in [9.17, 15) is 44.0 Å². The molecule has 0 unspecified atom stereocenters. The fourth-order valence-corrected chi connectivity index (χ4v) is 5.71. The molecule has 0 aromatic rings. The number of hydrogen-bond donors (Lipinski definition) is 0. The Morgan fingerprint density at radius 2 is 0.292 bits per heavy atom. The molecule has 9 aliphatic carbocycles. The van der Waals surface area contributed by atoms with Crippen molar-refractivity contribution < 1.29 is 186 Å². The quantitative estimate of drug-likeness (QED) is 0.289. The van der Waals surface area contributed by atoms with Crippen molar-refractivity contribution >= 4 is 21.9 Å². The Morgan fingerprint density at radius 3 is 0.306 bits per heavy atom. The second-order valence-electron chi connectivity index (χ2n) is 16.3. The number of allylic oxidation sites excluding steroid dienone is 36. The van der Waals surface area contributed by atoms with Crippen LogP contribution in [0.1, 0.15) is 57.8 Å². The fraction of sp³-hybridized carbons (Fsp3) is 0.294. The van der Waals surface area contributed by atoms with Gasteiger partial charge in [0.25, 0.3) is 0 Å².